The first-order valence-corrected chi connectivity index (χ1v) is 4.84. The molecule has 15 heavy (non-hydrogen) atoms. The Bertz CT molecular complexity index is 248. The Balaban J connectivity index is 0.00000196. The molecular formula is C10H19NO3S. The molecule has 0 aromatic rings. The normalized spacial score (nSPS) is 20.5. The standard InChI is InChI=1S/C10H17NO3.H2S/c1-10(2,3)6-8(12)11-7-4-5-14-9(7)13;/h7H,4-6H2,1-3H3,(H,11,12);1H2. The van der Waals surface area contributed by atoms with Crippen molar-refractivity contribution in [3.63, 3.8) is 0 Å². The number of nitrogens with one attached hydrogen (secondary N) is 1. The molecule has 0 spiro atoms. The average molecular weight is 233 g/mol. The van der Waals surface area contributed by atoms with E-state index in [1.165, 1.54) is 0 Å². The van der Waals surface area contributed by atoms with Crippen LogP contribution in [0.15, 0.2) is 0 Å². The third-order valence-corrected chi connectivity index (χ3v) is 1.96. The quantitative estimate of drug-likeness (QED) is 0.723. The highest BCUT2D eigenvalue weighted by molar-refractivity contribution is 7.59. The van der Waals surface area contributed by atoms with Crippen LogP contribution in [0.5, 0.6) is 0 Å². The summed E-state index contributed by atoms with van der Waals surface area (Å²) in [5.41, 5.74) is -0.0490. The molecule has 0 saturated carbocycles. The maximum absolute atomic E-state index is 11.4. The van der Waals surface area contributed by atoms with E-state index in [0.717, 1.165) is 0 Å². The van der Waals surface area contributed by atoms with Crippen LogP contribution < -0.4 is 5.32 Å². The number of amides is 1. The monoisotopic (exact) mass is 233 g/mol. The number of hydrogen-bond donors (Lipinski definition) is 1. The van der Waals surface area contributed by atoms with Crippen molar-refractivity contribution in [1.82, 2.24) is 5.32 Å². The fraction of sp³-hybridized carbons (Fsp3) is 0.800. The molecule has 1 heterocycles. The largest absolute Gasteiger partial charge is 0.464 e. The van der Waals surface area contributed by atoms with Gasteiger partial charge >= 0.3 is 5.97 Å². The molecule has 1 fully saturated rings. The predicted molar refractivity (Wildman–Crippen MR) is 62.0 cm³/mol. The molecule has 4 nitrogen and oxygen atoms in total. The lowest BCUT2D eigenvalue weighted by Gasteiger charge is -2.18. The number of carbonyl (C=O) groups excluding carboxylic acids is 2. The van der Waals surface area contributed by atoms with Gasteiger partial charge in [0, 0.05) is 12.8 Å². The zero-order valence-electron chi connectivity index (χ0n) is 9.42. The van der Waals surface area contributed by atoms with Crippen molar-refractivity contribution < 1.29 is 14.3 Å². The van der Waals surface area contributed by atoms with E-state index in [1.54, 1.807) is 0 Å². The van der Waals surface area contributed by atoms with Crippen LogP contribution in [0.3, 0.4) is 0 Å². The summed E-state index contributed by atoms with van der Waals surface area (Å²) in [6.07, 6.45) is 1.02. The summed E-state index contributed by atoms with van der Waals surface area (Å²) in [5, 5.41) is 2.67. The molecule has 1 amide bonds. The van der Waals surface area contributed by atoms with Gasteiger partial charge in [-0.3, -0.25) is 4.79 Å². The summed E-state index contributed by atoms with van der Waals surface area (Å²) in [6, 6.07) is -0.426. The Kier molecular flexibility index (Phi) is 5.14. The summed E-state index contributed by atoms with van der Waals surface area (Å²) in [5.74, 6) is -0.395. The highest BCUT2D eigenvalue weighted by atomic mass is 32.1. The third-order valence-electron chi connectivity index (χ3n) is 1.96. The van der Waals surface area contributed by atoms with Crippen molar-refractivity contribution in [3.05, 3.63) is 0 Å². The van der Waals surface area contributed by atoms with Gasteiger partial charge in [0.15, 0.2) is 0 Å². The van der Waals surface area contributed by atoms with Crippen LogP contribution in [-0.4, -0.2) is 24.5 Å². The highest BCUT2D eigenvalue weighted by Crippen LogP contribution is 2.18. The minimum atomic E-state index is -0.426. The number of ether oxygens (including phenoxy) is 1. The van der Waals surface area contributed by atoms with Gasteiger partial charge in [-0.05, 0) is 5.41 Å². The predicted octanol–water partition coefficient (Wildman–Crippen LogP) is 0.967. The second-order valence-electron chi connectivity index (χ2n) is 4.81. The molecule has 1 rings (SSSR count). The second-order valence-corrected chi connectivity index (χ2v) is 4.81. The first-order chi connectivity index (χ1) is 6.38. The fourth-order valence-corrected chi connectivity index (χ4v) is 1.35. The van der Waals surface area contributed by atoms with Crippen LogP contribution in [0.2, 0.25) is 0 Å². The molecule has 0 aromatic carbocycles. The summed E-state index contributed by atoms with van der Waals surface area (Å²) >= 11 is 0. The zero-order chi connectivity index (χ0) is 10.8. The number of rotatable bonds is 2. The Labute approximate surface area is 97.2 Å². The molecule has 0 radical (unpaired) electrons. The smallest absolute Gasteiger partial charge is 0.328 e. The molecule has 1 N–H and O–H groups in total. The minimum absolute atomic E-state index is 0. The number of carbonyl (C=O) groups is 2. The van der Waals surface area contributed by atoms with E-state index in [-0.39, 0.29) is 30.8 Å². The Morgan fingerprint density at radius 2 is 2.13 bits per heavy atom. The molecule has 0 bridgehead atoms. The topological polar surface area (TPSA) is 55.4 Å². The van der Waals surface area contributed by atoms with Gasteiger partial charge in [-0.2, -0.15) is 13.5 Å². The first kappa shape index (κ1) is 14.3. The molecule has 1 aliphatic rings. The lowest BCUT2D eigenvalue weighted by molar-refractivity contribution is -0.141. The minimum Gasteiger partial charge on any atom is -0.464 e. The maximum atomic E-state index is 11.4. The fourth-order valence-electron chi connectivity index (χ4n) is 1.35. The van der Waals surface area contributed by atoms with Crippen molar-refractivity contribution in [2.75, 3.05) is 6.61 Å². The Morgan fingerprint density at radius 1 is 1.53 bits per heavy atom. The van der Waals surface area contributed by atoms with E-state index in [0.29, 0.717) is 19.4 Å². The van der Waals surface area contributed by atoms with Gasteiger partial charge in [0.05, 0.1) is 6.61 Å². The van der Waals surface area contributed by atoms with Crippen LogP contribution in [0.1, 0.15) is 33.6 Å². The van der Waals surface area contributed by atoms with Crippen molar-refractivity contribution in [3.8, 4) is 0 Å². The van der Waals surface area contributed by atoms with Gasteiger partial charge in [0.2, 0.25) is 5.91 Å². The molecule has 5 heteroatoms. The zero-order valence-corrected chi connectivity index (χ0v) is 10.4. The van der Waals surface area contributed by atoms with Crippen molar-refractivity contribution in [2.45, 2.75) is 39.7 Å². The van der Waals surface area contributed by atoms with Crippen LogP contribution in [0, 0.1) is 5.41 Å². The Hall–Kier alpha value is -0.710. The number of esters is 1. The van der Waals surface area contributed by atoms with E-state index < -0.39 is 6.04 Å². The lowest BCUT2D eigenvalue weighted by atomic mass is 9.92. The maximum Gasteiger partial charge on any atom is 0.328 e. The third kappa shape index (κ3) is 5.06. The molecule has 1 saturated heterocycles. The highest BCUT2D eigenvalue weighted by Gasteiger charge is 2.28. The van der Waals surface area contributed by atoms with Gasteiger partial charge in [-0.25, -0.2) is 4.79 Å². The SMILES string of the molecule is CC(C)(C)CC(=O)NC1CCOC1=O.S. The molecule has 1 atom stereocenters. The second kappa shape index (κ2) is 5.39. The van der Waals surface area contributed by atoms with E-state index >= 15 is 0 Å². The van der Waals surface area contributed by atoms with Crippen molar-refractivity contribution in [1.29, 1.82) is 0 Å². The van der Waals surface area contributed by atoms with Crippen LogP contribution in [-0.2, 0) is 14.3 Å². The van der Waals surface area contributed by atoms with Gasteiger partial charge in [-0.1, -0.05) is 20.8 Å². The van der Waals surface area contributed by atoms with Crippen molar-refractivity contribution in [2.24, 2.45) is 5.41 Å². The van der Waals surface area contributed by atoms with E-state index in [2.05, 4.69) is 5.32 Å². The van der Waals surface area contributed by atoms with Crippen LogP contribution in [0.4, 0.5) is 0 Å². The molecule has 0 aromatic heterocycles. The van der Waals surface area contributed by atoms with Crippen molar-refractivity contribution >= 4 is 25.4 Å². The summed E-state index contributed by atoms with van der Waals surface area (Å²) < 4.78 is 4.74. The first-order valence-electron chi connectivity index (χ1n) is 4.84. The van der Waals surface area contributed by atoms with E-state index in [9.17, 15) is 9.59 Å². The van der Waals surface area contributed by atoms with Gasteiger partial charge < -0.3 is 10.1 Å². The molecule has 0 aliphatic carbocycles. The molecule has 1 aliphatic heterocycles. The van der Waals surface area contributed by atoms with Gasteiger partial charge in [0.25, 0.3) is 0 Å². The van der Waals surface area contributed by atoms with Crippen LogP contribution >= 0.6 is 13.5 Å². The average Bonchev–Trinajstić information content (AvgIpc) is 2.32. The summed E-state index contributed by atoms with van der Waals surface area (Å²) in [6.45, 7) is 6.37. The lowest BCUT2D eigenvalue weighted by Crippen LogP contribution is -2.39. The van der Waals surface area contributed by atoms with Crippen LogP contribution in [0.25, 0.3) is 0 Å². The molecule has 88 valence electrons. The molecular weight excluding hydrogens is 214 g/mol. The van der Waals surface area contributed by atoms with Gasteiger partial charge in [-0.15, -0.1) is 0 Å². The van der Waals surface area contributed by atoms with E-state index in [1.807, 2.05) is 20.8 Å². The van der Waals surface area contributed by atoms with Gasteiger partial charge in [0.1, 0.15) is 6.04 Å². The summed E-state index contributed by atoms with van der Waals surface area (Å²) in [4.78, 5) is 22.5. The molecule has 1 unspecified atom stereocenters. The Morgan fingerprint density at radius 3 is 2.53 bits per heavy atom. The van der Waals surface area contributed by atoms with E-state index in [4.69, 9.17) is 4.74 Å². The number of cyclic esters (lactones) is 1. The summed E-state index contributed by atoms with van der Waals surface area (Å²) in [7, 11) is 0. The number of hydrogen-bond acceptors (Lipinski definition) is 3.